The minimum atomic E-state index is -0.349. The molecule has 4 rings (SSSR count). The Morgan fingerprint density at radius 3 is 2.67 bits per heavy atom. The van der Waals surface area contributed by atoms with E-state index < -0.39 is 0 Å². The molecule has 0 saturated heterocycles. The van der Waals surface area contributed by atoms with Crippen molar-refractivity contribution in [3.8, 4) is 17.2 Å². The number of imidazole rings is 1. The van der Waals surface area contributed by atoms with E-state index in [1.807, 2.05) is 24.3 Å². The lowest BCUT2D eigenvalue weighted by Gasteiger charge is -1.99. The summed E-state index contributed by atoms with van der Waals surface area (Å²) >= 11 is 0. The van der Waals surface area contributed by atoms with Crippen LogP contribution in [0.4, 0.5) is 4.39 Å². The third kappa shape index (κ3) is 1.97. The lowest BCUT2D eigenvalue weighted by atomic mass is 10.3. The molecule has 0 aliphatic carbocycles. The van der Waals surface area contributed by atoms with E-state index in [0.29, 0.717) is 17.2 Å². The first-order valence-corrected chi connectivity index (χ1v) is 6.43. The van der Waals surface area contributed by atoms with Crippen molar-refractivity contribution < 1.29 is 4.39 Å². The fourth-order valence-electron chi connectivity index (χ4n) is 2.20. The quantitative estimate of drug-likeness (QED) is 0.613. The molecule has 1 N–H and O–H groups in total. The Morgan fingerprint density at radius 1 is 1.00 bits per heavy atom. The van der Waals surface area contributed by atoms with Crippen LogP contribution in [0.25, 0.3) is 28.2 Å². The summed E-state index contributed by atoms with van der Waals surface area (Å²) in [6, 6.07) is 14.1. The zero-order valence-corrected chi connectivity index (χ0v) is 10.9. The minimum absolute atomic E-state index is 0.349. The van der Waals surface area contributed by atoms with E-state index in [4.69, 9.17) is 0 Å². The number of benzene rings is 2. The molecule has 2 aromatic heterocycles. The predicted molar refractivity (Wildman–Crippen MR) is 76.4 cm³/mol. The maximum Gasteiger partial charge on any atom is 0.160 e. The number of aromatic nitrogens is 5. The van der Waals surface area contributed by atoms with Crippen molar-refractivity contribution in [3.63, 3.8) is 0 Å². The van der Waals surface area contributed by atoms with Crippen LogP contribution in [0.2, 0.25) is 0 Å². The Hall–Kier alpha value is -3.02. The summed E-state index contributed by atoms with van der Waals surface area (Å²) in [7, 11) is 0. The van der Waals surface area contributed by atoms with Gasteiger partial charge in [0.15, 0.2) is 5.82 Å². The molecule has 2 heterocycles. The van der Waals surface area contributed by atoms with Gasteiger partial charge < -0.3 is 4.98 Å². The molecule has 0 amide bonds. The molecular formula is C15H10FN5. The lowest BCUT2D eigenvalue weighted by Crippen LogP contribution is -1.97. The number of para-hydroxylation sites is 3. The zero-order chi connectivity index (χ0) is 14.2. The van der Waals surface area contributed by atoms with Crippen molar-refractivity contribution in [3.05, 3.63) is 60.5 Å². The van der Waals surface area contributed by atoms with E-state index in [1.54, 1.807) is 24.4 Å². The van der Waals surface area contributed by atoms with Gasteiger partial charge in [0.2, 0.25) is 0 Å². The molecule has 5 nitrogen and oxygen atoms in total. The highest BCUT2D eigenvalue weighted by Crippen LogP contribution is 2.19. The van der Waals surface area contributed by atoms with Gasteiger partial charge in [-0.2, -0.15) is 0 Å². The van der Waals surface area contributed by atoms with Crippen LogP contribution in [-0.2, 0) is 0 Å². The van der Waals surface area contributed by atoms with E-state index >= 15 is 0 Å². The van der Waals surface area contributed by atoms with Crippen molar-refractivity contribution >= 4 is 11.0 Å². The summed E-state index contributed by atoms with van der Waals surface area (Å²) in [5.41, 5.74) is 2.70. The zero-order valence-electron chi connectivity index (χ0n) is 10.9. The first kappa shape index (κ1) is 11.8. The highest BCUT2D eigenvalue weighted by atomic mass is 19.1. The largest absolute Gasteiger partial charge is 0.337 e. The van der Waals surface area contributed by atoms with E-state index in [1.165, 1.54) is 10.7 Å². The first-order chi connectivity index (χ1) is 10.3. The van der Waals surface area contributed by atoms with E-state index in [2.05, 4.69) is 20.3 Å². The standard InChI is InChI=1S/C15H10FN5/c16-10-5-1-4-8-14(10)21-9-13(19-20-21)15-17-11-6-2-3-7-12(11)18-15/h1-9H,(H,17,18). The Bertz CT molecular complexity index is 891. The maximum atomic E-state index is 13.7. The molecular weight excluding hydrogens is 269 g/mol. The number of H-pyrrole nitrogens is 1. The Kier molecular flexibility index (Phi) is 2.53. The SMILES string of the molecule is Fc1ccccc1-n1cc(-c2nc3ccccc3[nH]2)nn1. The van der Waals surface area contributed by atoms with Gasteiger partial charge in [-0.1, -0.05) is 29.5 Å². The fraction of sp³-hybridized carbons (Fsp3) is 0. The second-order valence-corrected chi connectivity index (χ2v) is 4.60. The number of nitrogens with one attached hydrogen (secondary N) is 1. The van der Waals surface area contributed by atoms with Gasteiger partial charge in [-0.25, -0.2) is 14.1 Å². The topological polar surface area (TPSA) is 59.4 Å². The Morgan fingerprint density at radius 2 is 1.81 bits per heavy atom. The highest BCUT2D eigenvalue weighted by molar-refractivity contribution is 5.78. The number of hydrogen-bond donors (Lipinski definition) is 1. The number of rotatable bonds is 2. The third-order valence-electron chi connectivity index (χ3n) is 3.22. The van der Waals surface area contributed by atoms with Crippen LogP contribution >= 0.6 is 0 Å². The molecule has 6 heteroatoms. The van der Waals surface area contributed by atoms with Gasteiger partial charge in [-0.15, -0.1) is 5.10 Å². The monoisotopic (exact) mass is 279 g/mol. The second kappa shape index (κ2) is 4.52. The number of fused-ring (bicyclic) bond motifs is 1. The third-order valence-corrected chi connectivity index (χ3v) is 3.22. The molecule has 102 valence electrons. The first-order valence-electron chi connectivity index (χ1n) is 6.43. The average Bonchev–Trinajstić information content (AvgIpc) is 3.14. The summed E-state index contributed by atoms with van der Waals surface area (Å²) in [5, 5.41) is 8.01. The van der Waals surface area contributed by atoms with Gasteiger partial charge in [0.1, 0.15) is 17.2 Å². The van der Waals surface area contributed by atoms with Gasteiger partial charge in [-0.05, 0) is 24.3 Å². The fourth-order valence-corrected chi connectivity index (χ4v) is 2.20. The molecule has 0 atom stereocenters. The van der Waals surface area contributed by atoms with E-state index in [-0.39, 0.29) is 5.82 Å². The highest BCUT2D eigenvalue weighted by Gasteiger charge is 2.11. The van der Waals surface area contributed by atoms with Gasteiger partial charge >= 0.3 is 0 Å². The van der Waals surface area contributed by atoms with Crippen molar-refractivity contribution in [2.45, 2.75) is 0 Å². The van der Waals surface area contributed by atoms with Crippen LogP contribution in [0, 0.1) is 5.82 Å². The summed E-state index contributed by atoms with van der Waals surface area (Å²) in [6.45, 7) is 0. The molecule has 4 aromatic rings. The van der Waals surface area contributed by atoms with E-state index in [9.17, 15) is 4.39 Å². The minimum Gasteiger partial charge on any atom is -0.337 e. The van der Waals surface area contributed by atoms with Crippen LogP contribution in [-0.4, -0.2) is 25.0 Å². The van der Waals surface area contributed by atoms with Gasteiger partial charge in [0.25, 0.3) is 0 Å². The van der Waals surface area contributed by atoms with Gasteiger partial charge in [0, 0.05) is 0 Å². The molecule has 2 aromatic carbocycles. The van der Waals surface area contributed by atoms with Gasteiger partial charge in [-0.3, -0.25) is 0 Å². The second-order valence-electron chi connectivity index (χ2n) is 4.60. The summed E-state index contributed by atoms with van der Waals surface area (Å²) in [4.78, 5) is 7.62. The molecule has 0 spiro atoms. The van der Waals surface area contributed by atoms with Crippen LogP contribution < -0.4 is 0 Å². The number of nitrogens with zero attached hydrogens (tertiary/aromatic N) is 4. The molecule has 0 saturated carbocycles. The average molecular weight is 279 g/mol. The molecule has 0 aliphatic heterocycles. The summed E-state index contributed by atoms with van der Waals surface area (Å²) < 4.78 is 15.1. The van der Waals surface area contributed by atoms with Crippen LogP contribution in [0.5, 0.6) is 0 Å². The van der Waals surface area contributed by atoms with Crippen molar-refractivity contribution in [2.75, 3.05) is 0 Å². The summed E-state index contributed by atoms with van der Waals surface area (Å²) in [6.07, 6.45) is 1.65. The van der Waals surface area contributed by atoms with Crippen molar-refractivity contribution in [1.82, 2.24) is 25.0 Å². The Balaban J connectivity index is 1.79. The molecule has 0 aliphatic rings. The smallest absolute Gasteiger partial charge is 0.160 e. The maximum absolute atomic E-state index is 13.7. The van der Waals surface area contributed by atoms with Crippen molar-refractivity contribution in [2.24, 2.45) is 0 Å². The molecule has 0 fully saturated rings. The molecule has 21 heavy (non-hydrogen) atoms. The summed E-state index contributed by atoms with van der Waals surface area (Å²) in [5.74, 6) is 0.261. The van der Waals surface area contributed by atoms with Crippen LogP contribution in [0.3, 0.4) is 0 Å². The normalized spacial score (nSPS) is 11.1. The Labute approximate surface area is 119 Å². The number of halogens is 1. The predicted octanol–water partition coefficient (Wildman–Crippen LogP) is 2.95. The van der Waals surface area contributed by atoms with Crippen LogP contribution in [0.1, 0.15) is 0 Å². The van der Waals surface area contributed by atoms with Gasteiger partial charge in [0.05, 0.1) is 17.2 Å². The van der Waals surface area contributed by atoms with E-state index in [0.717, 1.165) is 11.0 Å². The molecule has 0 radical (unpaired) electrons. The molecule has 0 bridgehead atoms. The molecule has 0 unspecified atom stereocenters. The lowest BCUT2D eigenvalue weighted by molar-refractivity contribution is 0.607. The number of aromatic amines is 1. The van der Waals surface area contributed by atoms with Crippen LogP contribution in [0.15, 0.2) is 54.7 Å². The van der Waals surface area contributed by atoms with Crippen molar-refractivity contribution in [1.29, 1.82) is 0 Å². The number of hydrogen-bond acceptors (Lipinski definition) is 3.